The van der Waals surface area contributed by atoms with Crippen LogP contribution in [-0.2, 0) is 16.2 Å². The summed E-state index contributed by atoms with van der Waals surface area (Å²) in [5.74, 6) is 0. The standard InChI is InChI=1S/C67H64BN3/c1-63(2,3)50-41-54-62-56(42-50)68-55-40-48(46-24-12-8-13-25-46)32-35-58(55)69(51-33-30-47(31-34-51)45-22-10-7-11-23-45)59-43-52(44-60(61(59)68)71(62)65(5)37-19-18-36-64(54,65)4)70-57-29-17-16-28-53(57)67(49-26-14-9-15-27-49)39-21-20-38-66(67,70)6/h7-17,22-35,40-44H,18-21,36-39H2,1-6H3. The molecule has 0 saturated heterocycles. The lowest BCUT2D eigenvalue weighted by atomic mass is 9.33. The van der Waals surface area contributed by atoms with Crippen molar-refractivity contribution in [1.82, 2.24) is 0 Å². The highest BCUT2D eigenvalue weighted by molar-refractivity contribution is 7.00. The average molecular weight is 922 g/mol. The number of para-hydroxylation sites is 1. The zero-order valence-electron chi connectivity index (χ0n) is 42.4. The van der Waals surface area contributed by atoms with E-state index in [0.717, 1.165) is 19.3 Å². The van der Waals surface area contributed by atoms with Crippen LogP contribution in [0.15, 0.2) is 182 Å². The number of fused-ring (bicyclic) bond motifs is 10. The minimum absolute atomic E-state index is 0.0207. The van der Waals surface area contributed by atoms with E-state index in [1.165, 1.54) is 127 Å². The fourth-order valence-corrected chi connectivity index (χ4v) is 15.5. The molecule has 4 heteroatoms. The monoisotopic (exact) mass is 922 g/mol. The van der Waals surface area contributed by atoms with Crippen LogP contribution in [0.3, 0.4) is 0 Å². The van der Waals surface area contributed by atoms with Gasteiger partial charge in [0.1, 0.15) is 0 Å². The molecule has 8 aromatic carbocycles. The van der Waals surface area contributed by atoms with E-state index in [1.54, 1.807) is 5.56 Å². The van der Waals surface area contributed by atoms with Crippen LogP contribution in [0.5, 0.6) is 0 Å². The average Bonchev–Trinajstić information content (AvgIpc) is 3.77. The first-order valence-electron chi connectivity index (χ1n) is 26.7. The third-order valence-corrected chi connectivity index (χ3v) is 19.2. The van der Waals surface area contributed by atoms with Crippen molar-refractivity contribution < 1.29 is 0 Å². The summed E-state index contributed by atoms with van der Waals surface area (Å²) in [7, 11) is 0. The van der Waals surface area contributed by atoms with Crippen molar-refractivity contribution in [1.29, 1.82) is 0 Å². The second-order valence-electron chi connectivity index (χ2n) is 23.7. The molecule has 14 rings (SSSR count). The van der Waals surface area contributed by atoms with Crippen LogP contribution in [-0.4, -0.2) is 17.8 Å². The lowest BCUT2D eigenvalue weighted by Crippen LogP contribution is -2.64. The molecule has 4 unspecified atom stereocenters. The molecule has 0 N–H and O–H groups in total. The van der Waals surface area contributed by atoms with Crippen molar-refractivity contribution in [2.75, 3.05) is 14.7 Å². The van der Waals surface area contributed by atoms with Crippen molar-refractivity contribution in [2.24, 2.45) is 0 Å². The Morgan fingerprint density at radius 1 is 0.437 bits per heavy atom. The molecule has 4 aliphatic heterocycles. The van der Waals surface area contributed by atoms with Gasteiger partial charge in [-0.05, 0) is 142 Å². The highest BCUT2D eigenvalue weighted by atomic mass is 15.3. The van der Waals surface area contributed by atoms with Crippen LogP contribution in [0.2, 0.25) is 0 Å². The summed E-state index contributed by atoms with van der Waals surface area (Å²) >= 11 is 0. The molecule has 71 heavy (non-hydrogen) atoms. The Hall–Kier alpha value is -6.78. The molecule has 0 bridgehead atoms. The highest BCUT2D eigenvalue weighted by Crippen LogP contribution is 2.66. The van der Waals surface area contributed by atoms with Crippen LogP contribution in [0.25, 0.3) is 22.3 Å². The van der Waals surface area contributed by atoms with Crippen molar-refractivity contribution >= 4 is 62.9 Å². The predicted octanol–water partition coefficient (Wildman–Crippen LogP) is 15.4. The molecule has 2 saturated carbocycles. The molecule has 350 valence electrons. The first-order valence-corrected chi connectivity index (χ1v) is 26.7. The fraction of sp³-hybridized carbons (Fsp3) is 0.284. The van der Waals surface area contributed by atoms with E-state index in [-0.39, 0.29) is 34.0 Å². The molecule has 0 spiro atoms. The summed E-state index contributed by atoms with van der Waals surface area (Å²) in [5.41, 5.74) is 24.0. The molecule has 6 aliphatic rings. The van der Waals surface area contributed by atoms with Gasteiger partial charge >= 0.3 is 0 Å². The number of hydrogen-bond acceptors (Lipinski definition) is 3. The lowest BCUT2D eigenvalue weighted by molar-refractivity contribution is 0.195. The van der Waals surface area contributed by atoms with E-state index >= 15 is 0 Å². The fourth-order valence-electron chi connectivity index (χ4n) is 15.5. The maximum atomic E-state index is 2.94. The van der Waals surface area contributed by atoms with Crippen LogP contribution in [0.4, 0.5) is 39.8 Å². The summed E-state index contributed by atoms with van der Waals surface area (Å²) in [6, 6.07) is 70.5. The first-order chi connectivity index (χ1) is 34.4. The largest absolute Gasteiger partial charge is 0.335 e. The van der Waals surface area contributed by atoms with E-state index in [1.807, 2.05) is 0 Å². The third-order valence-electron chi connectivity index (χ3n) is 19.2. The first kappa shape index (κ1) is 43.0. The van der Waals surface area contributed by atoms with Gasteiger partial charge < -0.3 is 14.7 Å². The Bertz CT molecular complexity index is 3430. The molecular formula is C67H64BN3. The molecule has 4 atom stereocenters. The van der Waals surface area contributed by atoms with Gasteiger partial charge in [-0.25, -0.2) is 0 Å². The zero-order chi connectivity index (χ0) is 48.1. The van der Waals surface area contributed by atoms with Gasteiger partial charge in [0.15, 0.2) is 0 Å². The van der Waals surface area contributed by atoms with Crippen molar-refractivity contribution in [3.63, 3.8) is 0 Å². The van der Waals surface area contributed by atoms with E-state index in [4.69, 9.17) is 0 Å². The second kappa shape index (κ2) is 15.1. The molecule has 3 nitrogen and oxygen atoms in total. The Morgan fingerprint density at radius 2 is 1.03 bits per heavy atom. The quantitative estimate of drug-likeness (QED) is 0.159. The maximum Gasteiger partial charge on any atom is 0.252 e. The molecule has 0 radical (unpaired) electrons. The second-order valence-corrected chi connectivity index (χ2v) is 23.7. The van der Waals surface area contributed by atoms with Gasteiger partial charge in [0.2, 0.25) is 0 Å². The summed E-state index contributed by atoms with van der Waals surface area (Å²) in [6.45, 7) is 15.2. The van der Waals surface area contributed by atoms with E-state index in [0.29, 0.717) is 0 Å². The lowest BCUT2D eigenvalue weighted by Gasteiger charge is -2.54. The molecule has 8 aromatic rings. The van der Waals surface area contributed by atoms with E-state index in [9.17, 15) is 0 Å². The Morgan fingerprint density at radius 3 is 1.75 bits per heavy atom. The summed E-state index contributed by atoms with van der Waals surface area (Å²) in [5, 5.41) is 0. The van der Waals surface area contributed by atoms with Gasteiger partial charge in [-0.3, -0.25) is 0 Å². The van der Waals surface area contributed by atoms with Gasteiger partial charge in [0.05, 0.1) is 11.1 Å². The summed E-state index contributed by atoms with van der Waals surface area (Å²) < 4.78 is 0. The van der Waals surface area contributed by atoms with E-state index < -0.39 is 0 Å². The van der Waals surface area contributed by atoms with Gasteiger partial charge in [0.25, 0.3) is 6.71 Å². The van der Waals surface area contributed by atoms with Crippen LogP contribution in [0.1, 0.15) is 115 Å². The summed E-state index contributed by atoms with van der Waals surface area (Å²) in [6.07, 6.45) is 9.53. The predicted molar refractivity (Wildman–Crippen MR) is 301 cm³/mol. The SMILES string of the molecule is CC(C)(C)c1cc2c3c(c1)C1(C)CCCCC1(C)N3c1cc(N3c4ccccc4C4(c5ccccc5)CCCCC34C)cc3c1B2c1cc(-c2ccccc2)ccc1N3c1ccc(-c2ccccc2)cc1. The van der Waals surface area contributed by atoms with Crippen molar-refractivity contribution in [3.05, 3.63) is 204 Å². The molecule has 0 amide bonds. The van der Waals surface area contributed by atoms with Gasteiger partial charge in [-0.2, -0.15) is 0 Å². The zero-order valence-corrected chi connectivity index (χ0v) is 42.4. The number of nitrogens with zero attached hydrogens (tertiary/aromatic N) is 3. The van der Waals surface area contributed by atoms with E-state index in [2.05, 4.69) is 238 Å². The Labute approximate surface area is 422 Å². The normalized spacial score (nSPS) is 24.4. The Balaban J connectivity index is 1.10. The number of anilines is 7. The highest BCUT2D eigenvalue weighted by Gasteiger charge is 2.64. The smallest absolute Gasteiger partial charge is 0.252 e. The van der Waals surface area contributed by atoms with Crippen molar-refractivity contribution in [2.45, 2.75) is 120 Å². The molecule has 2 fully saturated rings. The molecule has 4 heterocycles. The molecular weight excluding hydrogens is 858 g/mol. The Kier molecular flexibility index (Phi) is 9.17. The van der Waals surface area contributed by atoms with Crippen molar-refractivity contribution in [3.8, 4) is 22.3 Å². The number of benzene rings is 8. The molecule has 0 aromatic heterocycles. The maximum absolute atomic E-state index is 2.94. The molecule has 2 aliphatic carbocycles. The summed E-state index contributed by atoms with van der Waals surface area (Å²) in [4.78, 5) is 8.45. The number of rotatable bonds is 5. The van der Waals surface area contributed by atoms with Crippen LogP contribution >= 0.6 is 0 Å². The van der Waals surface area contributed by atoms with Gasteiger partial charge in [-0.15, -0.1) is 0 Å². The van der Waals surface area contributed by atoms with Gasteiger partial charge in [-0.1, -0.05) is 199 Å². The van der Waals surface area contributed by atoms with Crippen LogP contribution in [0, 0.1) is 0 Å². The van der Waals surface area contributed by atoms with Gasteiger partial charge in [0, 0.05) is 50.6 Å². The minimum Gasteiger partial charge on any atom is -0.335 e. The van der Waals surface area contributed by atoms with Crippen LogP contribution < -0.4 is 31.1 Å². The minimum atomic E-state index is -0.205. The third kappa shape index (κ3) is 5.74. The number of hydrogen-bond donors (Lipinski definition) is 0. The topological polar surface area (TPSA) is 9.72 Å².